The third kappa shape index (κ3) is 4.08. The highest BCUT2D eigenvalue weighted by atomic mass is 32.1. The van der Waals surface area contributed by atoms with Gasteiger partial charge in [-0.1, -0.05) is 32.9 Å². The number of nitrogens with one attached hydrogen (secondary N) is 1. The van der Waals surface area contributed by atoms with Gasteiger partial charge in [-0.2, -0.15) is 0 Å². The molecule has 0 bridgehead atoms. The van der Waals surface area contributed by atoms with Crippen molar-refractivity contribution >= 4 is 42.5 Å². The number of anilines is 1. The lowest BCUT2D eigenvalue weighted by Gasteiger charge is -2.15. The molecule has 2 N–H and O–H groups in total. The first-order valence-electron chi connectivity index (χ1n) is 9.78. The van der Waals surface area contributed by atoms with E-state index in [0.717, 1.165) is 28.8 Å². The number of aryl methyl sites for hydroxylation is 2. The number of carbonyl (C=O) groups is 2. The number of carbonyl (C=O) groups excluding carboxylic acids is 1. The molecular formula is C23H19F2N2O3PS. The number of carboxylic acid groups (broad SMARTS) is 1. The molecule has 32 heavy (non-hydrogen) atoms. The maximum Gasteiger partial charge on any atom is 0.339 e. The second kappa shape index (κ2) is 8.88. The van der Waals surface area contributed by atoms with Gasteiger partial charge in [-0.15, -0.1) is 11.3 Å². The van der Waals surface area contributed by atoms with Crippen LogP contribution in [0.3, 0.4) is 0 Å². The molecule has 5 nitrogen and oxygen atoms in total. The van der Waals surface area contributed by atoms with Crippen LogP contribution in [0.2, 0.25) is 0 Å². The number of amides is 1. The molecule has 1 atom stereocenters. The largest absolute Gasteiger partial charge is 0.478 e. The minimum Gasteiger partial charge on any atom is -0.478 e. The summed E-state index contributed by atoms with van der Waals surface area (Å²) >= 11 is 0.953. The summed E-state index contributed by atoms with van der Waals surface area (Å²) in [6, 6.07) is 1.47. The first kappa shape index (κ1) is 22.2. The Morgan fingerprint density at radius 2 is 1.91 bits per heavy atom. The van der Waals surface area contributed by atoms with Crippen LogP contribution in [0.25, 0.3) is 11.1 Å². The average molecular weight is 472 g/mol. The Balaban J connectivity index is 1.70. The van der Waals surface area contributed by atoms with Crippen LogP contribution >= 0.6 is 19.9 Å². The fourth-order valence-corrected chi connectivity index (χ4v) is 5.72. The van der Waals surface area contributed by atoms with E-state index in [4.69, 9.17) is 0 Å². The van der Waals surface area contributed by atoms with Crippen molar-refractivity contribution in [2.45, 2.75) is 20.3 Å². The highest BCUT2D eigenvalue weighted by molar-refractivity contribution is 7.45. The molecule has 0 radical (unpaired) electrons. The van der Waals surface area contributed by atoms with Gasteiger partial charge in [0.1, 0.15) is 16.3 Å². The molecule has 2 heterocycles. The molecule has 1 aromatic carbocycles. The lowest BCUT2D eigenvalue weighted by Crippen LogP contribution is -2.26. The molecule has 2 aromatic rings. The van der Waals surface area contributed by atoms with Crippen LogP contribution in [-0.2, 0) is 4.79 Å². The Labute approximate surface area is 189 Å². The number of carboxylic acids is 1. The second-order valence-corrected chi connectivity index (χ2v) is 9.50. The minimum absolute atomic E-state index is 0.0287. The Hall–Kier alpha value is -2.96. The van der Waals surface area contributed by atoms with E-state index in [1.54, 1.807) is 6.92 Å². The van der Waals surface area contributed by atoms with Crippen LogP contribution in [0, 0.1) is 25.5 Å². The van der Waals surface area contributed by atoms with Gasteiger partial charge in [0, 0.05) is 22.7 Å². The molecule has 2 aliphatic rings. The van der Waals surface area contributed by atoms with Gasteiger partial charge in [0.2, 0.25) is 0 Å². The summed E-state index contributed by atoms with van der Waals surface area (Å²) in [5.74, 6) is -3.98. The van der Waals surface area contributed by atoms with Crippen molar-refractivity contribution in [2.24, 2.45) is 4.99 Å². The number of halogens is 2. The molecule has 1 amide bonds. The molecule has 1 aliphatic heterocycles. The maximum atomic E-state index is 14.7. The van der Waals surface area contributed by atoms with Crippen LogP contribution in [-0.4, -0.2) is 28.9 Å². The summed E-state index contributed by atoms with van der Waals surface area (Å²) in [6.07, 6.45) is 9.12. The molecule has 0 spiro atoms. The third-order valence-electron chi connectivity index (χ3n) is 5.16. The van der Waals surface area contributed by atoms with Crippen LogP contribution in [0.5, 0.6) is 0 Å². The quantitative estimate of drug-likeness (QED) is 0.552. The minimum atomic E-state index is -1.34. The third-order valence-corrected chi connectivity index (χ3v) is 7.37. The zero-order chi connectivity index (χ0) is 23.0. The number of hydrogen-bond acceptors (Lipinski definition) is 4. The summed E-state index contributed by atoms with van der Waals surface area (Å²) in [7, 11) is 0.375. The smallest absolute Gasteiger partial charge is 0.339 e. The first-order chi connectivity index (χ1) is 15.3. The maximum absolute atomic E-state index is 14.7. The molecule has 164 valence electrons. The monoisotopic (exact) mass is 472 g/mol. The summed E-state index contributed by atoms with van der Waals surface area (Å²) in [5.41, 5.74) is 1.21. The summed E-state index contributed by atoms with van der Waals surface area (Å²) in [6.45, 7) is 3.03. The highest BCUT2D eigenvalue weighted by Gasteiger charge is 2.27. The van der Waals surface area contributed by atoms with E-state index in [-0.39, 0.29) is 27.3 Å². The highest BCUT2D eigenvalue weighted by Crippen LogP contribution is 2.40. The van der Waals surface area contributed by atoms with Gasteiger partial charge in [-0.05, 0) is 42.8 Å². The van der Waals surface area contributed by atoms with Gasteiger partial charge in [-0.3, -0.25) is 4.79 Å². The predicted octanol–water partition coefficient (Wildman–Crippen LogP) is 5.81. The first-order valence-corrected chi connectivity index (χ1v) is 11.9. The lowest BCUT2D eigenvalue weighted by atomic mass is 9.96. The molecule has 1 unspecified atom stereocenters. The molecule has 1 aromatic heterocycles. The zero-order valence-corrected chi connectivity index (χ0v) is 19.1. The van der Waals surface area contributed by atoms with E-state index < -0.39 is 23.5 Å². The van der Waals surface area contributed by atoms with Crippen LogP contribution in [0.1, 0.15) is 27.9 Å². The lowest BCUT2D eigenvalue weighted by molar-refractivity contribution is -0.110. The van der Waals surface area contributed by atoms with E-state index in [1.807, 2.05) is 24.3 Å². The summed E-state index contributed by atoms with van der Waals surface area (Å²) in [4.78, 5) is 29.3. The Kier molecular flexibility index (Phi) is 6.17. The van der Waals surface area contributed by atoms with Crippen molar-refractivity contribution < 1.29 is 23.5 Å². The predicted molar refractivity (Wildman–Crippen MR) is 125 cm³/mol. The fourth-order valence-electron chi connectivity index (χ4n) is 3.63. The average Bonchev–Trinajstić information content (AvgIpc) is 3.00. The van der Waals surface area contributed by atoms with Gasteiger partial charge < -0.3 is 10.4 Å². The second-order valence-electron chi connectivity index (χ2n) is 7.38. The van der Waals surface area contributed by atoms with Crippen LogP contribution in [0.4, 0.5) is 13.8 Å². The summed E-state index contributed by atoms with van der Waals surface area (Å²) < 4.78 is 28.9. The van der Waals surface area contributed by atoms with Crippen LogP contribution in [0.15, 0.2) is 51.8 Å². The number of nitrogens with zero attached hydrogens (tertiary/aromatic N) is 1. The number of aromatic carboxylic acids is 1. The molecular weight excluding hydrogens is 453 g/mol. The van der Waals surface area contributed by atoms with Gasteiger partial charge in [0.25, 0.3) is 5.91 Å². The van der Waals surface area contributed by atoms with E-state index in [0.29, 0.717) is 26.0 Å². The van der Waals surface area contributed by atoms with Gasteiger partial charge in [0.05, 0.1) is 5.70 Å². The Bertz CT molecular complexity index is 1270. The molecule has 0 fully saturated rings. The van der Waals surface area contributed by atoms with E-state index in [1.165, 1.54) is 18.4 Å². The van der Waals surface area contributed by atoms with Gasteiger partial charge in [0.15, 0.2) is 11.6 Å². The van der Waals surface area contributed by atoms with Crippen molar-refractivity contribution in [3.05, 3.63) is 75.1 Å². The topological polar surface area (TPSA) is 78.8 Å². The number of rotatable bonds is 4. The Morgan fingerprint density at radius 3 is 2.66 bits per heavy atom. The van der Waals surface area contributed by atoms with E-state index in [9.17, 15) is 23.5 Å². The number of benzene rings is 1. The molecule has 1 aliphatic carbocycles. The standard InChI is InChI=1S/C23H19F2N2O3PS/c1-11-8-12(2)19(24)20(25)17(11)13-10-32-22(18(13)23(29)30)27-21(28)15-9-31-16-7-5-3-4-6-14(16)26-15/h4-8,10,31H,3,9H2,1-2H3,(H,27,28)(H,29,30). The van der Waals surface area contributed by atoms with Crippen molar-refractivity contribution in [3.63, 3.8) is 0 Å². The van der Waals surface area contributed by atoms with E-state index >= 15 is 0 Å². The van der Waals surface area contributed by atoms with Crippen molar-refractivity contribution in [1.82, 2.24) is 0 Å². The SMILES string of the molecule is Cc1cc(C)c(-c2csc(NC(=O)C3=NC4=C(C=CCC=C4)PC3)c2C(=O)O)c(F)c1F. The summed E-state index contributed by atoms with van der Waals surface area (Å²) in [5, 5.41) is 15.0. The Morgan fingerprint density at radius 1 is 1.16 bits per heavy atom. The number of aliphatic imine (C=N–C) groups is 1. The zero-order valence-electron chi connectivity index (χ0n) is 17.3. The van der Waals surface area contributed by atoms with Crippen molar-refractivity contribution in [3.8, 4) is 11.1 Å². The molecule has 0 saturated heterocycles. The fraction of sp³-hybridized carbons (Fsp3) is 0.174. The van der Waals surface area contributed by atoms with Crippen LogP contribution < -0.4 is 5.32 Å². The molecule has 9 heteroatoms. The number of hydrogen-bond donors (Lipinski definition) is 2. The van der Waals surface area contributed by atoms with E-state index in [2.05, 4.69) is 10.3 Å². The van der Waals surface area contributed by atoms with Crippen molar-refractivity contribution in [2.75, 3.05) is 11.5 Å². The molecule has 4 rings (SSSR count). The molecule has 0 saturated carbocycles. The van der Waals surface area contributed by atoms with Gasteiger partial charge in [-0.25, -0.2) is 18.6 Å². The number of allylic oxidation sites excluding steroid dienone is 5. The van der Waals surface area contributed by atoms with Crippen molar-refractivity contribution in [1.29, 1.82) is 0 Å². The normalized spacial score (nSPS) is 16.1. The number of thiophene rings is 1. The van der Waals surface area contributed by atoms with Gasteiger partial charge >= 0.3 is 5.97 Å².